The van der Waals surface area contributed by atoms with E-state index in [0.29, 0.717) is 17.8 Å². The molecule has 27 heavy (non-hydrogen) atoms. The molecule has 0 saturated heterocycles. The first-order chi connectivity index (χ1) is 12.9. The Bertz CT molecular complexity index is 970. The van der Waals surface area contributed by atoms with Crippen LogP contribution in [-0.2, 0) is 9.59 Å². The molecular weight excluding hydrogens is 336 g/mol. The smallest absolute Gasteiger partial charge is 0.267 e. The van der Waals surface area contributed by atoms with E-state index in [-0.39, 0.29) is 17.6 Å². The van der Waals surface area contributed by atoms with Crippen LogP contribution in [0.5, 0.6) is 0 Å². The highest BCUT2D eigenvalue weighted by atomic mass is 16.2. The van der Waals surface area contributed by atoms with Gasteiger partial charge < -0.3 is 0 Å². The second-order valence-corrected chi connectivity index (χ2v) is 7.41. The Hall–Kier alpha value is -3.01. The number of amides is 1. The minimum Gasteiger partial charge on any atom is -0.293 e. The summed E-state index contributed by atoms with van der Waals surface area (Å²) in [4.78, 5) is 26.7. The summed E-state index contributed by atoms with van der Waals surface area (Å²) in [6.45, 7) is 5.82. The van der Waals surface area contributed by atoms with Crippen molar-refractivity contribution in [3.05, 3.63) is 77.4 Å². The van der Waals surface area contributed by atoms with Crippen LogP contribution in [0.3, 0.4) is 0 Å². The van der Waals surface area contributed by atoms with E-state index in [9.17, 15) is 9.59 Å². The van der Waals surface area contributed by atoms with Gasteiger partial charge in [0.05, 0.1) is 11.4 Å². The van der Waals surface area contributed by atoms with Crippen molar-refractivity contribution >= 4 is 23.1 Å². The van der Waals surface area contributed by atoms with E-state index in [0.717, 1.165) is 16.7 Å². The van der Waals surface area contributed by atoms with Crippen molar-refractivity contribution in [2.75, 3.05) is 5.01 Å². The van der Waals surface area contributed by atoms with Gasteiger partial charge in [-0.2, -0.15) is 10.1 Å². The summed E-state index contributed by atoms with van der Waals surface area (Å²) in [6, 6.07) is 15.7. The Balaban J connectivity index is 1.83. The maximum atomic E-state index is 13.6. The molecule has 0 N–H and O–H groups in total. The molecule has 1 heterocycles. The lowest BCUT2D eigenvalue weighted by molar-refractivity contribution is -0.134. The van der Waals surface area contributed by atoms with Crippen LogP contribution in [0.2, 0.25) is 0 Å². The van der Waals surface area contributed by atoms with Crippen molar-refractivity contribution in [2.24, 2.45) is 10.5 Å². The zero-order valence-electron chi connectivity index (χ0n) is 15.8. The highest BCUT2D eigenvalue weighted by Crippen LogP contribution is 2.49. The predicted molar refractivity (Wildman–Crippen MR) is 107 cm³/mol. The van der Waals surface area contributed by atoms with Crippen molar-refractivity contribution in [2.45, 2.75) is 33.1 Å². The third-order valence-corrected chi connectivity index (χ3v) is 5.66. The highest BCUT2D eigenvalue weighted by Gasteiger charge is 2.60. The number of ketones is 1. The van der Waals surface area contributed by atoms with Gasteiger partial charge in [-0.05, 0) is 51.0 Å². The highest BCUT2D eigenvalue weighted by molar-refractivity contribution is 6.34. The molecule has 4 rings (SSSR count). The number of anilines is 1. The lowest BCUT2D eigenvalue weighted by atomic mass is 9.62. The van der Waals surface area contributed by atoms with Crippen LogP contribution in [0.4, 0.5) is 5.69 Å². The predicted octanol–water partition coefficient (Wildman–Crippen LogP) is 4.33. The largest absolute Gasteiger partial charge is 0.293 e. The van der Waals surface area contributed by atoms with Gasteiger partial charge in [-0.3, -0.25) is 9.59 Å². The van der Waals surface area contributed by atoms with Crippen LogP contribution >= 0.6 is 0 Å². The SMILES string of the molecule is CC1=NN(c2ccc(C)cc2)C(=O)[C@@]12C(=O)C=CC[C@@H]2c1ccc(C)cc1. The van der Waals surface area contributed by atoms with Crippen LogP contribution in [0.25, 0.3) is 0 Å². The van der Waals surface area contributed by atoms with Gasteiger partial charge in [-0.25, -0.2) is 0 Å². The molecule has 0 unspecified atom stereocenters. The third kappa shape index (κ3) is 2.55. The van der Waals surface area contributed by atoms with Crippen LogP contribution < -0.4 is 5.01 Å². The van der Waals surface area contributed by atoms with E-state index >= 15 is 0 Å². The van der Waals surface area contributed by atoms with E-state index in [4.69, 9.17) is 0 Å². The van der Waals surface area contributed by atoms with Crippen LogP contribution in [0.15, 0.2) is 65.8 Å². The molecule has 4 nitrogen and oxygen atoms in total. The molecule has 2 aliphatic rings. The molecule has 0 bridgehead atoms. The van der Waals surface area contributed by atoms with Crippen LogP contribution in [-0.4, -0.2) is 17.4 Å². The first-order valence-corrected chi connectivity index (χ1v) is 9.19. The molecule has 0 saturated carbocycles. The Morgan fingerprint density at radius 3 is 2.15 bits per heavy atom. The fourth-order valence-corrected chi connectivity index (χ4v) is 4.12. The molecule has 2 aromatic carbocycles. The quantitative estimate of drug-likeness (QED) is 0.751. The van der Waals surface area contributed by atoms with Gasteiger partial charge in [0, 0.05) is 5.92 Å². The van der Waals surface area contributed by atoms with Gasteiger partial charge >= 0.3 is 0 Å². The summed E-state index contributed by atoms with van der Waals surface area (Å²) in [7, 11) is 0. The second kappa shape index (κ2) is 6.31. The van der Waals surface area contributed by atoms with Crippen LogP contribution in [0, 0.1) is 19.3 Å². The van der Waals surface area contributed by atoms with E-state index < -0.39 is 5.41 Å². The summed E-state index contributed by atoms with van der Waals surface area (Å²) in [5, 5.41) is 5.93. The Morgan fingerprint density at radius 1 is 0.926 bits per heavy atom. The number of hydrogen-bond donors (Lipinski definition) is 0. The minimum absolute atomic E-state index is 0.180. The van der Waals surface area contributed by atoms with Gasteiger partial charge in [0.1, 0.15) is 0 Å². The number of benzene rings is 2. The van der Waals surface area contributed by atoms with Crippen molar-refractivity contribution in [1.29, 1.82) is 0 Å². The molecule has 136 valence electrons. The van der Waals surface area contributed by atoms with Crippen molar-refractivity contribution < 1.29 is 9.59 Å². The zero-order chi connectivity index (χ0) is 19.2. The molecule has 2 aromatic rings. The Kier molecular flexibility index (Phi) is 4.06. The van der Waals surface area contributed by atoms with Gasteiger partial charge in [0.2, 0.25) is 0 Å². The van der Waals surface area contributed by atoms with Crippen molar-refractivity contribution in [1.82, 2.24) is 0 Å². The van der Waals surface area contributed by atoms with E-state index in [2.05, 4.69) is 5.10 Å². The fourth-order valence-electron chi connectivity index (χ4n) is 4.12. The molecule has 1 spiro atoms. The number of allylic oxidation sites excluding steroid dienone is 2. The number of hydrogen-bond acceptors (Lipinski definition) is 3. The van der Waals surface area contributed by atoms with Gasteiger partial charge in [-0.15, -0.1) is 0 Å². The van der Waals surface area contributed by atoms with E-state index in [1.54, 1.807) is 13.0 Å². The lowest BCUT2D eigenvalue weighted by Crippen LogP contribution is -2.50. The fraction of sp³-hybridized carbons (Fsp3) is 0.261. The normalized spacial score (nSPS) is 24.6. The Morgan fingerprint density at radius 2 is 1.52 bits per heavy atom. The number of carbonyl (C=O) groups is 2. The molecule has 1 aliphatic heterocycles. The van der Waals surface area contributed by atoms with Gasteiger partial charge in [0.25, 0.3) is 5.91 Å². The number of nitrogens with zero attached hydrogens (tertiary/aromatic N) is 2. The van der Waals surface area contributed by atoms with E-state index in [1.807, 2.05) is 68.5 Å². The summed E-state index contributed by atoms with van der Waals surface area (Å²) < 4.78 is 0. The van der Waals surface area contributed by atoms with Gasteiger partial charge in [0.15, 0.2) is 11.2 Å². The molecule has 0 fully saturated rings. The second-order valence-electron chi connectivity index (χ2n) is 7.41. The lowest BCUT2D eigenvalue weighted by Gasteiger charge is -2.36. The Labute approximate surface area is 159 Å². The maximum absolute atomic E-state index is 13.6. The number of rotatable bonds is 2. The van der Waals surface area contributed by atoms with Crippen molar-refractivity contribution in [3.63, 3.8) is 0 Å². The average molecular weight is 358 g/mol. The molecule has 4 heteroatoms. The van der Waals surface area contributed by atoms with Crippen LogP contribution in [0.1, 0.15) is 36.0 Å². The number of aryl methyl sites for hydroxylation is 2. The zero-order valence-corrected chi connectivity index (χ0v) is 15.8. The number of carbonyl (C=O) groups excluding carboxylic acids is 2. The molecule has 1 aliphatic carbocycles. The molecule has 0 radical (unpaired) electrons. The standard InChI is InChI=1S/C23H22N2O2/c1-15-7-11-18(12-8-15)20-5-4-6-21(26)23(20)17(3)24-25(22(23)27)19-13-9-16(2)10-14-19/h4,6-14,20H,5H2,1-3H3/t20-,23+/m1/s1. The molecule has 2 atom stereocenters. The average Bonchev–Trinajstić information content (AvgIpc) is 2.91. The minimum atomic E-state index is -1.26. The molecule has 1 amide bonds. The third-order valence-electron chi connectivity index (χ3n) is 5.66. The van der Waals surface area contributed by atoms with E-state index in [1.165, 1.54) is 5.01 Å². The van der Waals surface area contributed by atoms with Gasteiger partial charge in [-0.1, -0.05) is 53.6 Å². The summed E-state index contributed by atoms with van der Waals surface area (Å²) in [6.07, 6.45) is 4.04. The summed E-state index contributed by atoms with van der Waals surface area (Å²) >= 11 is 0. The summed E-state index contributed by atoms with van der Waals surface area (Å²) in [5.41, 5.74) is 3.24. The first kappa shape index (κ1) is 17.4. The summed E-state index contributed by atoms with van der Waals surface area (Å²) in [5.74, 6) is -0.689. The topological polar surface area (TPSA) is 49.7 Å². The number of hydrazone groups is 1. The maximum Gasteiger partial charge on any atom is 0.267 e. The molecular formula is C23H22N2O2. The molecule has 0 aromatic heterocycles. The first-order valence-electron chi connectivity index (χ1n) is 9.19. The monoisotopic (exact) mass is 358 g/mol. The van der Waals surface area contributed by atoms with Crippen molar-refractivity contribution in [3.8, 4) is 0 Å².